The van der Waals surface area contributed by atoms with Crippen LogP contribution in [-0.4, -0.2) is 37.8 Å². The van der Waals surface area contributed by atoms with Gasteiger partial charge in [-0.2, -0.15) is 0 Å². The maximum absolute atomic E-state index is 12.8. The Kier molecular flexibility index (Phi) is 9.13. The summed E-state index contributed by atoms with van der Waals surface area (Å²) >= 11 is 0. The molecule has 1 rings (SSSR count). The van der Waals surface area contributed by atoms with Crippen LogP contribution in [0.2, 0.25) is 0 Å². The van der Waals surface area contributed by atoms with Crippen LogP contribution < -0.4 is 10.1 Å². The van der Waals surface area contributed by atoms with Crippen LogP contribution in [0.15, 0.2) is 18.2 Å². The van der Waals surface area contributed by atoms with Crippen molar-refractivity contribution in [1.29, 1.82) is 0 Å². The van der Waals surface area contributed by atoms with E-state index in [9.17, 15) is 9.59 Å². The van der Waals surface area contributed by atoms with Gasteiger partial charge in [-0.25, -0.2) is 4.79 Å². The number of anilines is 1. The Morgan fingerprint density at radius 1 is 1.15 bits per heavy atom. The first kappa shape index (κ1) is 22.0. The van der Waals surface area contributed by atoms with Crippen molar-refractivity contribution >= 4 is 17.6 Å². The van der Waals surface area contributed by atoms with Gasteiger partial charge in [-0.15, -0.1) is 0 Å². The third-order valence-corrected chi connectivity index (χ3v) is 4.07. The Morgan fingerprint density at radius 2 is 1.88 bits per heavy atom. The lowest BCUT2D eigenvalue weighted by Crippen LogP contribution is -2.43. The summed E-state index contributed by atoms with van der Waals surface area (Å²) in [4.78, 5) is 24.9. The van der Waals surface area contributed by atoms with Crippen molar-refractivity contribution < 1.29 is 23.8 Å². The highest BCUT2D eigenvalue weighted by atomic mass is 16.5. The molecule has 6 heteroatoms. The first-order chi connectivity index (χ1) is 12.4. The number of ether oxygens (including phenoxy) is 3. The molecular weight excluding hydrogens is 334 g/mol. The molecule has 0 radical (unpaired) electrons. The summed E-state index contributed by atoms with van der Waals surface area (Å²) in [6.45, 7) is 8.41. The number of carbonyl (C=O) groups is 2. The Bertz CT molecular complexity index is 592. The average molecular weight is 365 g/mol. The van der Waals surface area contributed by atoms with Crippen LogP contribution >= 0.6 is 0 Å². The predicted molar refractivity (Wildman–Crippen MR) is 102 cm³/mol. The number of esters is 1. The molecule has 0 saturated carbocycles. The van der Waals surface area contributed by atoms with Crippen molar-refractivity contribution in [3.63, 3.8) is 0 Å². The Balaban J connectivity index is 3.01. The molecule has 26 heavy (non-hydrogen) atoms. The zero-order valence-electron chi connectivity index (χ0n) is 16.5. The van der Waals surface area contributed by atoms with Crippen molar-refractivity contribution in [2.24, 2.45) is 0 Å². The van der Waals surface area contributed by atoms with E-state index in [1.165, 1.54) is 7.11 Å². The molecule has 1 aromatic carbocycles. The van der Waals surface area contributed by atoms with Gasteiger partial charge in [0.2, 0.25) is 0 Å². The van der Waals surface area contributed by atoms with E-state index in [0.29, 0.717) is 24.5 Å². The lowest BCUT2D eigenvalue weighted by Gasteiger charge is -2.28. The fraction of sp³-hybridized carbons (Fsp3) is 0.600. The number of amides is 1. The number of methoxy groups -OCH3 is 1. The molecule has 1 N–H and O–H groups in total. The van der Waals surface area contributed by atoms with E-state index in [1.54, 1.807) is 25.1 Å². The van der Waals surface area contributed by atoms with Gasteiger partial charge in [0.1, 0.15) is 16.9 Å². The van der Waals surface area contributed by atoms with E-state index in [0.717, 1.165) is 19.3 Å². The zero-order valence-corrected chi connectivity index (χ0v) is 16.5. The second kappa shape index (κ2) is 10.8. The van der Waals surface area contributed by atoms with Crippen LogP contribution in [0.1, 0.15) is 63.7 Å². The Labute approximate surface area is 156 Å². The summed E-state index contributed by atoms with van der Waals surface area (Å²) < 4.78 is 16.1. The number of unbranched alkanes of at least 4 members (excludes halogenated alkanes) is 1. The molecular formula is C20H31NO5. The standard InChI is InChI=1S/C20H31NO5/c1-6-9-12-20(4,26-13-7-2)19(23)21-15-10-11-17(24-5)16(14-15)18(22)25-8-3/h10-11,14H,6-9,12-13H2,1-5H3,(H,21,23)/t20-/m0/s1. The van der Waals surface area contributed by atoms with Gasteiger partial charge < -0.3 is 19.5 Å². The number of carbonyl (C=O) groups excluding carboxylic acids is 2. The monoisotopic (exact) mass is 365 g/mol. The van der Waals surface area contributed by atoms with Crippen molar-refractivity contribution in [2.75, 3.05) is 25.6 Å². The van der Waals surface area contributed by atoms with Crippen LogP contribution in [0, 0.1) is 0 Å². The molecule has 0 aliphatic rings. The SMILES string of the molecule is CCCC[C@](C)(OCCC)C(=O)Nc1ccc(OC)c(C(=O)OCC)c1. The molecule has 0 unspecified atom stereocenters. The fourth-order valence-electron chi connectivity index (χ4n) is 2.51. The second-order valence-electron chi connectivity index (χ2n) is 6.27. The van der Waals surface area contributed by atoms with E-state index < -0.39 is 11.6 Å². The molecule has 0 spiro atoms. The summed E-state index contributed by atoms with van der Waals surface area (Å²) in [5.41, 5.74) is -0.130. The van der Waals surface area contributed by atoms with E-state index in [1.807, 2.05) is 13.8 Å². The second-order valence-corrected chi connectivity index (χ2v) is 6.27. The smallest absolute Gasteiger partial charge is 0.341 e. The predicted octanol–water partition coefficient (Wildman–Crippen LogP) is 4.19. The van der Waals surface area contributed by atoms with Gasteiger partial charge in [-0.05, 0) is 44.9 Å². The van der Waals surface area contributed by atoms with Gasteiger partial charge in [0, 0.05) is 12.3 Å². The lowest BCUT2D eigenvalue weighted by atomic mass is 9.97. The molecule has 6 nitrogen and oxygen atoms in total. The topological polar surface area (TPSA) is 73.9 Å². The van der Waals surface area contributed by atoms with Crippen LogP contribution in [0.4, 0.5) is 5.69 Å². The third kappa shape index (κ3) is 6.02. The van der Waals surface area contributed by atoms with E-state index in [4.69, 9.17) is 14.2 Å². The Hall–Kier alpha value is -2.08. The number of hydrogen-bond acceptors (Lipinski definition) is 5. The van der Waals surface area contributed by atoms with Crippen LogP contribution in [0.5, 0.6) is 5.75 Å². The quantitative estimate of drug-likeness (QED) is 0.595. The van der Waals surface area contributed by atoms with Crippen LogP contribution in [0.3, 0.4) is 0 Å². The number of nitrogens with one attached hydrogen (secondary N) is 1. The molecule has 0 saturated heterocycles. The molecule has 0 heterocycles. The van der Waals surface area contributed by atoms with Crippen molar-refractivity contribution in [3.05, 3.63) is 23.8 Å². The minimum atomic E-state index is -0.907. The molecule has 146 valence electrons. The summed E-state index contributed by atoms with van der Waals surface area (Å²) in [6, 6.07) is 4.90. The molecule has 0 aromatic heterocycles. The maximum Gasteiger partial charge on any atom is 0.341 e. The van der Waals surface area contributed by atoms with Gasteiger partial charge in [0.25, 0.3) is 5.91 Å². The average Bonchev–Trinajstić information content (AvgIpc) is 2.64. The molecule has 0 aliphatic heterocycles. The van der Waals surface area contributed by atoms with Crippen LogP contribution in [0.25, 0.3) is 0 Å². The molecule has 0 aliphatic carbocycles. The summed E-state index contributed by atoms with van der Waals surface area (Å²) in [6.07, 6.45) is 3.35. The first-order valence-corrected chi connectivity index (χ1v) is 9.22. The summed E-state index contributed by atoms with van der Waals surface area (Å²) in [5.74, 6) is -0.312. The minimum absolute atomic E-state index is 0.223. The van der Waals surface area contributed by atoms with E-state index in [-0.39, 0.29) is 18.1 Å². The largest absolute Gasteiger partial charge is 0.496 e. The minimum Gasteiger partial charge on any atom is -0.496 e. The summed E-state index contributed by atoms with van der Waals surface area (Å²) in [5, 5.41) is 2.86. The number of benzene rings is 1. The van der Waals surface area contributed by atoms with E-state index >= 15 is 0 Å². The summed E-state index contributed by atoms with van der Waals surface area (Å²) in [7, 11) is 1.48. The molecule has 1 atom stereocenters. The first-order valence-electron chi connectivity index (χ1n) is 9.22. The molecule has 0 bridgehead atoms. The molecule has 1 aromatic rings. The van der Waals surface area contributed by atoms with Gasteiger partial charge in [-0.3, -0.25) is 4.79 Å². The zero-order chi connectivity index (χ0) is 19.6. The maximum atomic E-state index is 12.8. The molecule has 1 amide bonds. The fourth-order valence-corrected chi connectivity index (χ4v) is 2.51. The van der Waals surface area contributed by atoms with Gasteiger partial charge in [0.15, 0.2) is 0 Å². The van der Waals surface area contributed by atoms with Crippen molar-refractivity contribution in [2.45, 2.75) is 59.0 Å². The Morgan fingerprint density at radius 3 is 2.46 bits per heavy atom. The van der Waals surface area contributed by atoms with Gasteiger partial charge in [-0.1, -0.05) is 26.7 Å². The normalized spacial score (nSPS) is 13.0. The highest BCUT2D eigenvalue weighted by Crippen LogP contribution is 2.26. The van der Waals surface area contributed by atoms with Crippen LogP contribution in [-0.2, 0) is 14.3 Å². The molecule has 0 fully saturated rings. The highest BCUT2D eigenvalue weighted by Gasteiger charge is 2.33. The van der Waals surface area contributed by atoms with Crippen molar-refractivity contribution in [3.8, 4) is 5.75 Å². The lowest BCUT2D eigenvalue weighted by molar-refractivity contribution is -0.140. The number of rotatable bonds is 11. The number of hydrogen-bond donors (Lipinski definition) is 1. The third-order valence-electron chi connectivity index (χ3n) is 4.07. The van der Waals surface area contributed by atoms with Gasteiger partial charge in [0.05, 0.1) is 13.7 Å². The highest BCUT2D eigenvalue weighted by molar-refractivity contribution is 5.99. The van der Waals surface area contributed by atoms with Gasteiger partial charge >= 0.3 is 5.97 Å². The van der Waals surface area contributed by atoms with E-state index in [2.05, 4.69) is 12.2 Å². The van der Waals surface area contributed by atoms with Crippen molar-refractivity contribution in [1.82, 2.24) is 0 Å².